The van der Waals surface area contributed by atoms with Gasteiger partial charge in [-0.05, 0) is 150 Å². The summed E-state index contributed by atoms with van der Waals surface area (Å²) in [6.07, 6.45) is 2.33. The predicted octanol–water partition coefficient (Wildman–Crippen LogP) is 15.8. The first-order chi connectivity index (χ1) is 31.6. The van der Waals surface area contributed by atoms with E-state index in [9.17, 15) is 0 Å². The van der Waals surface area contributed by atoms with Gasteiger partial charge in [-0.1, -0.05) is 194 Å². The molecule has 0 aromatic heterocycles. The summed E-state index contributed by atoms with van der Waals surface area (Å²) in [6.45, 7) is 33.5. The molecular formula is C64H71BN2. The third-order valence-electron chi connectivity index (χ3n) is 16.1. The van der Waals surface area contributed by atoms with E-state index in [1.165, 1.54) is 107 Å². The molecule has 0 fully saturated rings. The number of fused-ring (bicyclic) bond motifs is 5. The molecule has 0 amide bonds. The maximum Gasteiger partial charge on any atom is 0.252 e. The average molecular weight is 879 g/mol. The van der Waals surface area contributed by atoms with Crippen LogP contribution >= 0.6 is 0 Å². The Hall–Kier alpha value is -5.80. The average Bonchev–Trinajstić information content (AvgIpc) is 3.29. The highest BCUT2D eigenvalue weighted by Crippen LogP contribution is 2.53. The van der Waals surface area contributed by atoms with Crippen molar-refractivity contribution in [2.24, 2.45) is 0 Å². The molecule has 0 radical (unpaired) electrons. The van der Waals surface area contributed by atoms with Crippen LogP contribution in [0.5, 0.6) is 0 Å². The summed E-state index contributed by atoms with van der Waals surface area (Å²) in [5.41, 5.74) is 23.7. The molecule has 7 aromatic rings. The van der Waals surface area contributed by atoms with Gasteiger partial charge in [-0.25, -0.2) is 0 Å². The molecule has 0 unspecified atom stereocenters. The van der Waals surface area contributed by atoms with Crippen LogP contribution in [0.4, 0.5) is 34.1 Å². The minimum atomic E-state index is -0.219. The molecule has 3 aliphatic rings. The highest BCUT2D eigenvalue weighted by Gasteiger charge is 2.47. The minimum absolute atomic E-state index is 0.0158. The second-order valence-corrected chi connectivity index (χ2v) is 24.4. The zero-order chi connectivity index (χ0) is 47.6. The maximum absolute atomic E-state index is 2.70. The normalized spacial score (nSPS) is 16.1. The standard InChI is InChI=1S/C64H71BN2/c1-41(2)43-34-57-59-58(35-43)67(54-31-29-46(61(6,7)8)37-49(54)42-22-17-15-18-23-42)56-40-51-50(62(9,10)32-33-63(51,11)12)39-53(56)65(59)52-30-28-47(64(13,14)44-24-19-16-20-25-44)38-55(52)66(57)48-27-21-26-45(36-48)60(3,4)5/h15-31,34-41H,32-33H2,1-14H3. The van der Waals surface area contributed by atoms with Crippen molar-refractivity contribution in [1.29, 1.82) is 0 Å². The van der Waals surface area contributed by atoms with Crippen LogP contribution in [-0.4, -0.2) is 6.71 Å². The third-order valence-corrected chi connectivity index (χ3v) is 16.1. The molecule has 2 heterocycles. The molecule has 0 N–H and O–H groups in total. The van der Waals surface area contributed by atoms with Crippen LogP contribution < -0.4 is 26.2 Å². The van der Waals surface area contributed by atoms with Crippen molar-refractivity contribution in [2.75, 3.05) is 9.80 Å². The van der Waals surface area contributed by atoms with E-state index in [1.807, 2.05) is 0 Å². The lowest BCUT2D eigenvalue weighted by atomic mass is 9.33. The Labute approximate surface area is 403 Å². The van der Waals surface area contributed by atoms with Gasteiger partial charge in [-0.2, -0.15) is 0 Å². The maximum atomic E-state index is 2.70. The van der Waals surface area contributed by atoms with Gasteiger partial charge in [0.2, 0.25) is 0 Å². The van der Waals surface area contributed by atoms with E-state index in [0.29, 0.717) is 5.92 Å². The number of anilines is 6. The smallest absolute Gasteiger partial charge is 0.252 e. The van der Waals surface area contributed by atoms with Crippen LogP contribution in [0.15, 0.2) is 146 Å². The molecule has 0 saturated carbocycles. The first-order valence-corrected chi connectivity index (χ1v) is 25.0. The number of nitrogens with zero attached hydrogens (tertiary/aromatic N) is 2. The first-order valence-electron chi connectivity index (χ1n) is 25.0. The summed E-state index contributed by atoms with van der Waals surface area (Å²) in [5.74, 6) is 0.302. The lowest BCUT2D eigenvalue weighted by molar-refractivity contribution is 0.332. The lowest BCUT2D eigenvalue weighted by Gasteiger charge is -2.48. The van der Waals surface area contributed by atoms with Crippen LogP contribution in [0.25, 0.3) is 11.1 Å². The van der Waals surface area contributed by atoms with Crippen molar-refractivity contribution in [3.05, 3.63) is 185 Å². The van der Waals surface area contributed by atoms with Crippen molar-refractivity contribution >= 4 is 57.2 Å². The molecule has 0 atom stereocenters. The highest BCUT2D eigenvalue weighted by molar-refractivity contribution is 7.00. The van der Waals surface area contributed by atoms with Gasteiger partial charge in [0.1, 0.15) is 0 Å². The SMILES string of the molecule is CC(C)c1cc2c3c(c1)N(c1ccc(C(C)(C)C)cc1-c1ccccc1)c1cc4c(cc1B3c1ccc(C(C)(C)c3ccccc3)cc1N2c1cccc(C(C)(C)C)c1)C(C)(C)CCC4(C)C. The second-order valence-electron chi connectivity index (χ2n) is 24.4. The van der Waals surface area contributed by atoms with Crippen LogP contribution in [0.1, 0.15) is 155 Å². The molecule has 10 rings (SSSR count). The van der Waals surface area contributed by atoms with Crippen molar-refractivity contribution in [1.82, 2.24) is 0 Å². The predicted molar refractivity (Wildman–Crippen MR) is 291 cm³/mol. The molecular weight excluding hydrogens is 808 g/mol. The summed E-state index contributed by atoms with van der Waals surface area (Å²) >= 11 is 0. The third kappa shape index (κ3) is 7.47. The Kier molecular flexibility index (Phi) is 10.5. The Bertz CT molecular complexity index is 3050. The summed E-state index contributed by atoms with van der Waals surface area (Å²) < 4.78 is 0. The number of hydrogen-bond donors (Lipinski definition) is 0. The largest absolute Gasteiger partial charge is 0.311 e. The topological polar surface area (TPSA) is 6.48 Å². The van der Waals surface area contributed by atoms with Gasteiger partial charge in [-0.3, -0.25) is 0 Å². The minimum Gasteiger partial charge on any atom is -0.311 e. The van der Waals surface area contributed by atoms with Gasteiger partial charge in [0, 0.05) is 39.4 Å². The van der Waals surface area contributed by atoms with Crippen LogP contribution in [0, 0.1) is 0 Å². The van der Waals surface area contributed by atoms with E-state index in [0.717, 1.165) is 6.42 Å². The zero-order valence-corrected chi connectivity index (χ0v) is 42.8. The van der Waals surface area contributed by atoms with Crippen LogP contribution in [-0.2, 0) is 27.1 Å². The fraction of sp³-hybridized carbons (Fsp3) is 0.344. The lowest BCUT2D eigenvalue weighted by Crippen LogP contribution is -2.62. The zero-order valence-electron chi connectivity index (χ0n) is 42.8. The molecule has 1 aliphatic carbocycles. The molecule has 3 heteroatoms. The fourth-order valence-electron chi connectivity index (χ4n) is 11.5. The van der Waals surface area contributed by atoms with E-state index in [1.54, 1.807) is 0 Å². The highest BCUT2D eigenvalue weighted by atomic mass is 15.2. The summed E-state index contributed by atoms with van der Waals surface area (Å²) in [4.78, 5) is 5.34. The van der Waals surface area contributed by atoms with E-state index in [2.05, 4.69) is 252 Å². The molecule has 340 valence electrons. The van der Waals surface area contributed by atoms with E-state index in [-0.39, 0.29) is 33.8 Å². The van der Waals surface area contributed by atoms with Crippen molar-refractivity contribution < 1.29 is 0 Å². The Morgan fingerprint density at radius 3 is 1.64 bits per heavy atom. The van der Waals surface area contributed by atoms with Gasteiger partial charge in [0.05, 0.1) is 5.69 Å². The van der Waals surface area contributed by atoms with Gasteiger partial charge < -0.3 is 9.80 Å². The molecule has 0 bridgehead atoms. The number of benzene rings is 7. The Morgan fingerprint density at radius 2 is 1.01 bits per heavy atom. The van der Waals surface area contributed by atoms with Crippen LogP contribution in [0.2, 0.25) is 0 Å². The molecule has 0 spiro atoms. The van der Waals surface area contributed by atoms with Crippen molar-refractivity contribution in [3.8, 4) is 11.1 Å². The van der Waals surface area contributed by atoms with Crippen molar-refractivity contribution in [2.45, 2.75) is 143 Å². The summed E-state index contributed by atoms with van der Waals surface area (Å²) in [6, 6.07) is 56.8. The molecule has 2 aliphatic heterocycles. The Balaban J connectivity index is 1.36. The van der Waals surface area contributed by atoms with Crippen LogP contribution in [0.3, 0.4) is 0 Å². The Morgan fingerprint density at radius 1 is 0.463 bits per heavy atom. The first kappa shape index (κ1) is 45.0. The summed E-state index contributed by atoms with van der Waals surface area (Å²) in [7, 11) is 0. The second kappa shape index (κ2) is 15.6. The van der Waals surface area contributed by atoms with Gasteiger partial charge in [0.25, 0.3) is 6.71 Å². The fourth-order valence-corrected chi connectivity index (χ4v) is 11.5. The van der Waals surface area contributed by atoms with E-state index < -0.39 is 0 Å². The van der Waals surface area contributed by atoms with E-state index >= 15 is 0 Å². The van der Waals surface area contributed by atoms with Crippen molar-refractivity contribution in [3.63, 3.8) is 0 Å². The molecule has 0 saturated heterocycles. The molecule has 2 nitrogen and oxygen atoms in total. The molecule has 7 aromatic carbocycles. The number of rotatable bonds is 6. The monoisotopic (exact) mass is 879 g/mol. The van der Waals surface area contributed by atoms with Gasteiger partial charge in [-0.15, -0.1) is 0 Å². The van der Waals surface area contributed by atoms with E-state index in [4.69, 9.17) is 0 Å². The molecule has 67 heavy (non-hydrogen) atoms. The van der Waals surface area contributed by atoms with Gasteiger partial charge in [0.15, 0.2) is 0 Å². The van der Waals surface area contributed by atoms with Gasteiger partial charge >= 0.3 is 0 Å². The summed E-state index contributed by atoms with van der Waals surface area (Å²) in [5, 5.41) is 0. The quantitative estimate of drug-likeness (QED) is 0.154. The number of hydrogen-bond acceptors (Lipinski definition) is 2.